The van der Waals surface area contributed by atoms with Gasteiger partial charge in [0.1, 0.15) is 22.6 Å². The van der Waals surface area contributed by atoms with Crippen LogP contribution in [0.5, 0.6) is 0 Å². The first kappa shape index (κ1) is 19.5. The lowest BCUT2D eigenvalue weighted by Crippen LogP contribution is -2.04. The van der Waals surface area contributed by atoms with Crippen molar-refractivity contribution in [3.63, 3.8) is 0 Å². The number of nitrogens with zero attached hydrogens (tertiary/aromatic N) is 3. The first-order valence-corrected chi connectivity index (χ1v) is 8.98. The summed E-state index contributed by atoms with van der Waals surface area (Å²) in [4.78, 5) is 12.8. The topological polar surface area (TPSA) is 58.7 Å². The maximum atomic E-state index is 13.1. The van der Waals surface area contributed by atoms with Crippen molar-refractivity contribution in [3.8, 4) is 6.07 Å². The van der Waals surface area contributed by atoms with Crippen LogP contribution in [0, 0.1) is 31.0 Å². The van der Waals surface area contributed by atoms with Crippen LogP contribution >= 0.6 is 11.6 Å². The summed E-state index contributed by atoms with van der Waals surface area (Å²) in [6, 6.07) is 15.1. The number of hydrogen-bond acceptors (Lipinski definition) is 3. The standard InChI is InChI=1S/C22H17ClFN3O/c1-14-5-3-4-6-19(14)21(28)17(12-25)11-20-15(2)26-27(22(20)23)13-16-7-9-18(24)10-8-16/h3-11H,13H2,1-2H3/b17-11+. The average Bonchev–Trinajstić information content (AvgIpc) is 2.94. The van der Waals surface area contributed by atoms with Crippen molar-refractivity contribution in [2.45, 2.75) is 20.4 Å². The minimum atomic E-state index is -0.359. The Kier molecular flexibility index (Phi) is 5.72. The van der Waals surface area contributed by atoms with E-state index in [1.807, 2.05) is 25.1 Å². The number of Topliss-reactive ketones (excluding diaryl/α,β-unsaturated/α-hetero) is 1. The third-order valence-electron chi connectivity index (χ3n) is 4.40. The van der Waals surface area contributed by atoms with Crippen LogP contribution in [0.2, 0.25) is 5.15 Å². The van der Waals surface area contributed by atoms with E-state index in [0.717, 1.165) is 11.1 Å². The number of benzene rings is 2. The van der Waals surface area contributed by atoms with Gasteiger partial charge < -0.3 is 0 Å². The molecule has 4 nitrogen and oxygen atoms in total. The molecule has 0 spiro atoms. The van der Waals surface area contributed by atoms with Crippen LogP contribution in [0.3, 0.4) is 0 Å². The number of aromatic nitrogens is 2. The number of rotatable bonds is 5. The molecule has 0 saturated heterocycles. The molecule has 0 aliphatic heterocycles. The van der Waals surface area contributed by atoms with Crippen LogP contribution in [0.1, 0.15) is 32.7 Å². The van der Waals surface area contributed by atoms with Crippen LogP contribution < -0.4 is 0 Å². The molecule has 1 aromatic heterocycles. The second kappa shape index (κ2) is 8.20. The van der Waals surface area contributed by atoms with Crippen molar-refractivity contribution in [2.24, 2.45) is 0 Å². The van der Waals surface area contributed by atoms with E-state index in [2.05, 4.69) is 5.10 Å². The second-order valence-electron chi connectivity index (χ2n) is 6.39. The third-order valence-corrected chi connectivity index (χ3v) is 4.80. The van der Waals surface area contributed by atoms with Crippen molar-refractivity contribution in [1.29, 1.82) is 5.26 Å². The fourth-order valence-corrected chi connectivity index (χ4v) is 3.15. The zero-order chi connectivity index (χ0) is 20.3. The van der Waals surface area contributed by atoms with Gasteiger partial charge in [-0.3, -0.25) is 4.79 Å². The fourth-order valence-electron chi connectivity index (χ4n) is 2.86. The van der Waals surface area contributed by atoms with E-state index in [4.69, 9.17) is 11.6 Å². The molecule has 140 valence electrons. The zero-order valence-electron chi connectivity index (χ0n) is 15.4. The quantitative estimate of drug-likeness (QED) is 0.343. The predicted molar refractivity (Wildman–Crippen MR) is 107 cm³/mol. The van der Waals surface area contributed by atoms with Crippen LogP contribution in [-0.2, 0) is 6.54 Å². The summed E-state index contributed by atoms with van der Waals surface area (Å²) in [6.07, 6.45) is 1.47. The molecule has 1 heterocycles. The molecule has 0 radical (unpaired) electrons. The van der Waals surface area contributed by atoms with E-state index in [9.17, 15) is 14.4 Å². The summed E-state index contributed by atoms with van der Waals surface area (Å²) in [5.41, 5.74) is 3.20. The minimum absolute atomic E-state index is 0.0133. The molecule has 0 saturated carbocycles. The van der Waals surface area contributed by atoms with E-state index >= 15 is 0 Å². The predicted octanol–water partition coefficient (Wildman–Crippen LogP) is 5.13. The van der Waals surface area contributed by atoms with Gasteiger partial charge in [0.2, 0.25) is 5.78 Å². The largest absolute Gasteiger partial charge is 0.288 e. The van der Waals surface area contributed by atoms with Crippen LogP contribution in [-0.4, -0.2) is 15.6 Å². The average molecular weight is 394 g/mol. The van der Waals surface area contributed by atoms with Gasteiger partial charge in [-0.25, -0.2) is 9.07 Å². The van der Waals surface area contributed by atoms with Gasteiger partial charge in [-0.05, 0) is 43.2 Å². The number of allylic oxidation sites excluding steroid dienone is 1. The van der Waals surface area contributed by atoms with Crippen molar-refractivity contribution >= 4 is 23.5 Å². The number of halogens is 2. The highest BCUT2D eigenvalue weighted by molar-refractivity contribution is 6.31. The molecule has 0 aliphatic rings. The molecular formula is C22H17ClFN3O. The molecule has 6 heteroatoms. The summed E-state index contributed by atoms with van der Waals surface area (Å²) in [5.74, 6) is -0.675. The van der Waals surface area contributed by atoms with Crippen LogP contribution in [0.15, 0.2) is 54.1 Å². The lowest BCUT2D eigenvalue weighted by Gasteiger charge is -2.04. The van der Waals surface area contributed by atoms with Gasteiger partial charge in [-0.2, -0.15) is 10.4 Å². The molecule has 2 aromatic carbocycles. The molecule has 0 atom stereocenters. The molecule has 0 bridgehead atoms. The highest BCUT2D eigenvalue weighted by Gasteiger charge is 2.18. The second-order valence-corrected chi connectivity index (χ2v) is 6.75. The molecule has 0 unspecified atom stereocenters. The Labute approximate surface area is 167 Å². The smallest absolute Gasteiger partial charge is 0.203 e. The maximum Gasteiger partial charge on any atom is 0.203 e. The highest BCUT2D eigenvalue weighted by atomic mass is 35.5. The molecule has 0 N–H and O–H groups in total. The van der Waals surface area contributed by atoms with Crippen molar-refractivity contribution in [2.75, 3.05) is 0 Å². The van der Waals surface area contributed by atoms with Gasteiger partial charge >= 0.3 is 0 Å². The molecule has 28 heavy (non-hydrogen) atoms. The van der Waals surface area contributed by atoms with E-state index in [1.54, 1.807) is 35.9 Å². The molecule has 3 aromatic rings. The van der Waals surface area contributed by atoms with Gasteiger partial charge in [0.15, 0.2) is 0 Å². The molecule has 0 fully saturated rings. The Morgan fingerprint density at radius 2 is 1.89 bits per heavy atom. The SMILES string of the molecule is Cc1ccccc1C(=O)/C(C#N)=C/c1c(C)nn(Cc2ccc(F)cc2)c1Cl. The highest BCUT2D eigenvalue weighted by Crippen LogP contribution is 2.25. The van der Waals surface area contributed by atoms with Gasteiger partial charge in [0.25, 0.3) is 0 Å². The fraction of sp³-hybridized carbons (Fsp3) is 0.136. The van der Waals surface area contributed by atoms with Crippen molar-refractivity contribution in [1.82, 2.24) is 9.78 Å². The summed E-state index contributed by atoms with van der Waals surface area (Å²) in [5, 5.41) is 14.2. The first-order valence-electron chi connectivity index (χ1n) is 8.60. The third kappa shape index (κ3) is 4.03. The number of carbonyl (C=O) groups excluding carboxylic acids is 1. The summed E-state index contributed by atoms with van der Waals surface area (Å²) < 4.78 is 14.6. The lowest BCUT2D eigenvalue weighted by atomic mass is 9.98. The molecule has 3 rings (SSSR count). The number of nitriles is 1. The number of aryl methyl sites for hydroxylation is 2. The number of hydrogen-bond donors (Lipinski definition) is 0. The number of carbonyl (C=O) groups is 1. The summed E-state index contributed by atoms with van der Waals surface area (Å²) in [7, 11) is 0. The summed E-state index contributed by atoms with van der Waals surface area (Å²) in [6.45, 7) is 3.93. The Balaban J connectivity index is 1.95. The van der Waals surface area contributed by atoms with Gasteiger partial charge in [0.05, 0.1) is 12.2 Å². The van der Waals surface area contributed by atoms with E-state index in [1.165, 1.54) is 18.2 Å². The van der Waals surface area contributed by atoms with Crippen LogP contribution in [0.4, 0.5) is 4.39 Å². The maximum absolute atomic E-state index is 13.1. The Bertz CT molecular complexity index is 1110. The van der Waals surface area contributed by atoms with Gasteiger partial charge in [-0.1, -0.05) is 48.0 Å². The first-order chi connectivity index (χ1) is 13.4. The Morgan fingerprint density at radius 1 is 1.21 bits per heavy atom. The van der Waals surface area contributed by atoms with Gasteiger partial charge in [-0.15, -0.1) is 0 Å². The number of ketones is 1. The Morgan fingerprint density at radius 3 is 2.54 bits per heavy atom. The minimum Gasteiger partial charge on any atom is -0.288 e. The lowest BCUT2D eigenvalue weighted by molar-refractivity contribution is 0.103. The normalized spacial score (nSPS) is 11.3. The van der Waals surface area contributed by atoms with Gasteiger partial charge in [0, 0.05) is 11.1 Å². The monoisotopic (exact) mass is 393 g/mol. The zero-order valence-corrected chi connectivity index (χ0v) is 16.2. The van der Waals surface area contributed by atoms with E-state index < -0.39 is 0 Å². The van der Waals surface area contributed by atoms with Crippen LogP contribution in [0.25, 0.3) is 6.08 Å². The van der Waals surface area contributed by atoms with Crippen molar-refractivity contribution in [3.05, 3.63) is 93.0 Å². The van der Waals surface area contributed by atoms with E-state index in [-0.39, 0.29) is 17.2 Å². The van der Waals surface area contributed by atoms with E-state index in [0.29, 0.717) is 28.5 Å². The molecule has 0 aliphatic carbocycles. The molecular weight excluding hydrogens is 377 g/mol. The Hall–Kier alpha value is -3.23. The molecule has 0 amide bonds. The summed E-state index contributed by atoms with van der Waals surface area (Å²) >= 11 is 6.45. The van der Waals surface area contributed by atoms with Crippen molar-refractivity contribution < 1.29 is 9.18 Å².